The Labute approximate surface area is 165 Å². The van der Waals surface area contributed by atoms with Gasteiger partial charge in [0.1, 0.15) is 5.75 Å². The average molecular weight is 397 g/mol. The molecule has 8 heteroatoms. The Bertz CT molecular complexity index is 1040. The third-order valence-corrected chi connectivity index (χ3v) is 5.79. The summed E-state index contributed by atoms with van der Waals surface area (Å²) < 4.78 is 11.1. The summed E-state index contributed by atoms with van der Waals surface area (Å²) in [7, 11) is 2.95. The number of hydrogen-bond acceptors (Lipinski definition) is 7. The number of methoxy groups -OCH3 is 2. The van der Waals surface area contributed by atoms with Crippen LogP contribution in [0.15, 0.2) is 42.5 Å². The van der Waals surface area contributed by atoms with Gasteiger partial charge in [-0.1, -0.05) is 23.5 Å². The molecular formula is C20H19N3O4S. The number of esters is 1. The van der Waals surface area contributed by atoms with Crippen molar-refractivity contribution in [1.82, 2.24) is 4.98 Å². The summed E-state index contributed by atoms with van der Waals surface area (Å²) in [4.78, 5) is 31.1. The third-order valence-electron chi connectivity index (χ3n) is 4.70. The standard InChI is InChI=1S/C20H19N3O4S/c1-26-13-7-8-17-16(9-13)22-20(28-17)23-10-12(11-23)18(24)21-15-6-4-3-5-14(15)19(25)27-2/h3-9,12H,10-11H2,1-2H3,(H,21,24). The van der Waals surface area contributed by atoms with Gasteiger partial charge in [-0.15, -0.1) is 0 Å². The first kappa shape index (κ1) is 18.2. The minimum Gasteiger partial charge on any atom is -0.497 e. The molecule has 7 nitrogen and oxygen atoms in total. The van der Waals surface area contributed by atoms with Crippen molar-refractivity contribution in [2.75, 3.05) is 37.5 Å². The summed E-state index contributed by atoms with van der Waals surface area (Å²) in [6.07, 6.45) is 0. The van der Waals surface area contributed by atoms with Gasteiger partial charge in [0.25, 0.3) is 0 Å². The van der Waals surface area contributed by atoms with Crippen LogP contribution >= 0.6 is 11.3 Å². The van der Waals surface area contributed by atoms with Crippen LogP contribution in [0.5, 0.6) is 5.75 Å². The van der Waals surface area contributed by atoms with E-state index in [1.54, 1.807) is 42.7 Å². The Kier molecular flexibility index (Phi) is 4.87. The van der Waals surface area contributed by atoms with Crippen molar-refractivity contribution in [2.24, 2.45) is 5.92 Å². The van der Waals surface area contributed by atoms with Crippen LogP contribution in [0.3, 0.4) is 0 Å². The second-order valence-corrected chi connectivity index (χ2v) is 7.47. The lowest BCUT2D eigenvalue weighted by atomic mass is 9.99. The number of ether oxygens (including phenoxy) is 2. The highest BCUT2D eigenvalue weighted by Crippen LogP contribution is 2.34. The molecule has 0 bridgehead atoms. The van der Waals surface area contributed by atoms with Gasteiger partial charge in [-0.3, -0.25) is 4.79 Å². The lowest BCUT2D eigenvalue weighted by molar-refractivity contribution is -0.120. The molecule has 1 aromatic heterocycles. The summed E-state index contributed by atoms with van der Waals surface area (Å²) >= 11 is 1.59. The van der Waals surface area contributed by atoms with Crippen molar-refractivity contribution in [3.8, 4) is 5.75 Å². The molecule has 1 N–H and O–H groups in total. The number of benzene rings is 2. The van der Waals surface area contributed by atoms with E-state index in [1.165, 1.54) is 7.11 Å². The average Bonchev–Trinajstić information content (AvgIpc) is 3.09. The summed E-state index contributed by atoms with van der Waals surface area (Å²) in [5, 5.41) is 3.73. The Morgan fingerprint density at radius 3 is 2.71 bits per heavy atom. The largest absolute Gasteiger partial charge is 0.497 e. The quantitative estimate of drug-likeness (QED) is 0.666. The first-order chi connectivity index (χ1) is 13.6. The molecule has 0 unspecified atom stereocenters. The number of carbonyl (C=O) groups is 2. The molecule has 1 saturated heterocycles. The van der Waals surface area contributed by atoms with E-state index in [0.29, 0.717) is 24.3 Å². The van der Waals surface area contributed by atoms with E-state index in [-0.39, 0.29) is 11.8 Å². The van der Waals surface area contributed by atoms with Crippen LogP contribution in [-0.2, 0) is 9.53 Å². The second kappa shape index (κ2) is 7.47. The molecule has 1 aliphatic rings. The molecule has 1 fully saturated rings. The van der Waals surface area contributed by atoms with Gasteiger partial charge in [-0.05, 0) is 24.3 Å². The lowest BCUT2D eigenvalue weighted by Gasteiger charge is -2.38. The van der Waals surface area contributed by atoms with Gasteiger partial charge in [-0.25, -0.2) is 9.78 Å². The number of aromatic nitrogens is 1. The summed E-state index contributed by atoms with van der Waals surface area (Å²) in [5.74, 6) is 0.0214. The van der Waals surface area contributed by atoms with E-state index >= 15 is 0 Å². The zero-order valence-corrected chi connectivity index (χ0v) is 16.3. The van der Waals surface area contributed by atoms with Crippen LogP contribution in [0, 0.1) is 5.92 Å². The molecule has 0 atom stereocenters. The molecule has 2 heterocycles. The number of fused-ring (bicyclic) bond motifs is 1. The topological polar surface area (TPSA) is 80.8 Å². The fourth-order valence-corrected chi connectivity index (χ4v) is 4.04. The van der Waals surface area contributed by atoms with Crippen molar-refractivity contribution in [1.29, 1.82) is 0 Å². The fourth-order valence-electron chi connectivity index (χ4n) is 3.07. The molecule has 1 amide bonds. The number of carbonyl (C=O) groups excluding carboxylic acids is 2. The van der Waals surface area contributed by atoms with Crippen LogP contribution < -0.4 is 15.0 Å². The number of nitrogens with one attached hydrogen (secondary N) is 1. The number of amides is 1. The number of nitrogens with zero attached hydrogens (tertiary/aromatic N) is 2. The van der Waals surface area contributed by atoms with Crippen LogP contribution in [0.1, 0.15) is 10.4 Å². The fraction of sp³-hybridized carbons (Fsp3) is 0.250. The summed E-state index contributed by atoms with van der Waals surface area (Å²) in [5.41, 5.74) is 1.69. The van der Waals surface area contributed by atoms with E-state index in [2.05, 4.69) is 15.2 Å². The highest BCUT2D eigenvalue weighted by Gasteiger charge is 2.34. The van der Waals surface area contributed by atoms with Crippen molar-refractivity contribution in [3.63, 3.8) is 0 Å². The Balaban J connectivity index is 1.41. The smallest absolute Gasteiger partial charge is 0.339 e. The first-order valence-electron chi connectivity index (χ1n) is 8.77. The van der Waals surface area contributed by atoms with Crippen LogP contribution in [0.2, 0.25) is 0 Å². The minimum atomic E-state index is -0.476. The molecule has 1 aliphatic heterocycles. The van der Waals surface area contributed by atoms with Gasteiger partial charge in [0.15, 0.2) is 5.13 Å². The molecule has 0 radical (unpaired) electrons. The van der Waals surface area contributed by atoms with Crippen LogP contribution in [-0.4, -0.2) is 44.2 Å². The molecule has 0 aliphatic carbocycles. The van der Waals surface area contributed by atoms with Gasteiger partial charge >= 0.3 is 5.97 Å². The lowest BCUT2D eigenvalue weighted by Crippen LogP contribution is -2.52. The predicted molar refractivity (Wildman–Crippen MR) is 108 cm³/mol. The van der Waals surface area contributed by atoms with Crippen LogP contribution in [0.4, 0.5) is 10.8 Å². The monoisotopic (exact) mass is 397 g/mol. The maximum Gasteiger partial charge on any atom is 0.339 e. The normalized spacial score (nSPS) is 13.9. The molecule has 0 saturated carbocycles. The van der Waals surface area contributed by atoms with E-state index in [4.69, 9.17) is 9.47 Å². The number of hydrogen-bond donors (Lipinski definition) is 1. The minimum absolute atomic E-state index is 0.115. The number of rotatable bonds is 5. The molecule has 28 heavy (non-hydrogen) atoms. The zero-order chi connectivity index (χ0) is 19.7. The maximum absolute atomic E-state index is 12.6. The van der Waals surface area contributed by atoms with Crippen LogP contribution in [0.25, 0.3) is 10.2 Å². The second-order valence-electron chi connectivity index (χ2n) is 6.46. The van der Waals surface area contributed by atoms with Gasteiger partial charge in [0.2, 0.25) is 5.91 Å². The Morgan fingerprint density at radius 1 is 1.18 bits per heavy atom. The summed E-state index contributed by atoms with van der Waals surface area (Å²) in [6, 6.07) is 12.6. The van der Waals surface area contributed by atoms with E-state index in [0.717, 1.165) is 21.1 Å². The number of anilines is 2. The third kappa shape index (κ3) is 3.38. The number of thiazole rings is 1. The zero-order valence-electron chi connectivity index (χ0n) is 15.5. The Hall–Kier alpha value is -3.13. The molecule has 4 rings (SSSR count). The molecule has 2 aromatic carbocycles. The van der Waals surface area contributed by atoms with E-state index in [1.807, 2.05) is 18.2 Å². The highest BCUT2D eigenvalue weighted by atomic mass is 32.1. The van der Waals surface area contributed by atoms with Crippen molar-refractivity contribution < 1.29 is 19.1 Å². The van der Waals surface area contributed by atoms with Gasteiger partial charge in [0.05, 0.1) is 41.6 Å². The van der Waals surface area contributed by atoms with Crippen molar-refractivity contribution in [2.45, 2.75) is 0 Å². The van der Waals surface area contributed by atoms with Gasteiger partial charge < -0.3 is 19.7 Å². The SMILES string of the molecule is COC(=O)c1ccccc1NC(=O)C1CN(c2nc3cc(OC)ccc3s2)C1. The predicted octanol–water partition coefficient (Wildman–Crippen LogP) is 3.17. The Morgan fingerprint density at radius 2 is 1.96 bits per heavy atom. The molecule has 144 valence electrons. The van der Waals surface area contributed by atoms with Gasteiger partial charge in [0, 0.05) is 19.2 Å². The first-order valence-corrected chi connectivity index (χ1v) is 9.58. The van der Waals surface area contributed by atoms with E-state index < -0.39 is 5.97 Å². The highest BCUT2D eigenvalue weighted by molar-refractivity contribution is 7.22. The van der Waals surface area contributed by atoms with Crippen molar-refractivity contribution in [3.05, 3.63) is 48.0 Å². The van der Waals surface area contributed by atoms with Gasteiger partial charge in [-0.2, -0.15) is 0 Å². The molecule has 3 aromatic rings. The molecule has 0 spiro atoms. The summed E-state index contributed by atoms with van der Waals surface area (Å²) in [6.45, 7) is 1.17. The number of para-hydroxylation sites is 1. The maximum atomic E-state index is 12.6. The van der Waals surface area contributed by atoms with Crippen molar-refractivity contribution >= 4 is 44.2 Å². The van der Waals surface area contributed by atoms with E-state index in [9.17, 15) is 9.59 Å². The molecular weight excluding hydrogens is 378 g/mol.